The summed E-state index contributed by atoms with van der Waals surface area (Å²) in [6.07, 6.45) is 0. The topological polar surface area (TPSA) is 49.3 Å². The van der Waals surface area contributed by atoms with Crippen LogP contribution in [0.15, 0.2) is 42.5 Å². The van der Waals surface area contributed by atoms with Gasteiger partial charge in [0.15, 0.2) is 0 Å². The van der Waals surface area contributed by atoms with Crippen LogP contribution in [0.1, 0.15) is 21.5 Å². The van der Waals surface area contributed by atoms with Crippen LogP contribution in [0.5, 0.6) is 0 Å². The number of nitrogens with one attached hydrogen (secondary N) is 1. The SMILES string of the molecule is Cc1c(F)cccc1NCc1ccc(C(=O)O)cc1. The highest BCUT2D eigenvalue weighted by Crippen LogP contribution is 2.18. The Hall–Kier alpha value is -2.36. The van der Waals surface area contributed by atoms with E-state index >= 15 is 0 Å². The van der Waals surface area contributed by atoms with Crippen molar-refractivity contribution in [3.63, 3.8) is 0 Å². The molecule has 0 amide bonds. The molecule has 2 aromatic carbocycles. The second-order valence-electron chi connectivity index (χ2n) is 4.27. The Bertz CT molecular complexity index is 594. The third kappa shape index (κ3) is 3.10. The molecule has 0 aliphatic carbocycles. The van der Waals surface area contributed by atoms with E-state index in [9.17, 15) is 9.18 Å². The van der Waals surface area contributed by atoms with Crippen LogP contribution in [0, 0.1) is 12.7 Å². The summed E-state index contributed by atoms with van der Waals surface area (Å²) in [6.45, 7) is 2.23. The van der Waals surface area contributed by atoms with Crippen molar-refractivity contribution in [1.29, 1.82) is 0 Å². The number of aromatic carboxylic acids is 1. The van der Waals surface area contributed by atoms with Crippen LogP contribution in [0.25, 0.3) is 0 Å². The molecule has 0 unspecified atom stereocenters. The van der Waals surface area contributed by atoms with Crippen LogP contribution < -0.4 is 5.32 Å². The fraction of sp³-hybridized carbons (Fsp3) is 0.133. The summed E-state index contributed by atoms with van der Waals surface area (Å²) in [4.78, 5) is 10.7. The van der Waals surface area contributed by atoms with E-state index < -0.39 is 5.97 Å². The predicted octanol–water partition coefficient (Wildman–Crippen LogP) is 3.44. The zero-order chi connectivity index (χ0) is 13.8. The van der Waals surface area contributed by atoms with Gasteiger partial charge >= 0.3 is 5.97 Å². The quantitative estimate of drug-likeness (QED) is 0.884. The van der Waals surface area contributed by atoms with Crippen molar-refractivity contribution in [3.05, 3.63) is 65.0 Å². The Morgan fingerprint density at radius 3 is 2.53 bits per heavy atom. The molecule has 4 heteroatoms. The van der Waals surface area contributed by atoms with Gasteiger partial charge in [0, 0.05) is 17.8 Å². The van der Waals surface area contributed by atoms with Crippen LogP contribution in [-0.2, 0) is 6.54 Å². The number of carbonyl (C=O) groups is 1. The van der Waals surface area contributed by atoms with Gasteiger partial charge in [0.2, 0.25) is 0 Å². The maximum absolute atomic E-state index is 13.3. The average Bonchev–Trinajstić information content (AvgIpc) is 2.41. The molecule has 0 saturated carbocycles. The molecule has 0 aliphatic heterocycles. The van der Waals surface area contributed by atoms with E-state index in [1.807, 2.05) is 6.07 Å². The normalized spacial score (nSPS) is 10.2. The van der Waals surface area contributed by atoms with Crippen LogP contribution in [0.2, 0.25) is 0 Å². The number of hydrogen-bond donors (Lipinski definition) is 2. The summed E-state index contributed by atoms with van der Waals surface area (Å²) < 4.78 is 13.3. The lowest BCUT2D eigenvalue weighted by Crippen LogP contribution is -2.03. The summed E-state index contributed by atoms with van der Waals surface area (Å²) in [5.74, 6) is -1.19. The van der Waals surface area contributed by atoms with Gasteiger partial charge in [-0.3, -0.25) is 0 Å². The van der Waals surface area contributed by atoms with Gasteiger partial charge in [0.25, 0.3) is 0 Å². The molecule has 0 atom stereocenters. The van der Waals surface area contributed by atoms with Crippen molar-refractivity contribution >= 4 is 11.7 Å². The van der Waals surface area contributed by atoms with Gasteiger partial charge in [0.1, 0.15) is 5.82 Å². The molecule has 0 saturated heterocycles. The smallest absolute Gasteiger partial charge is 0.335 e. The number of benzene rings is 2. The minimum Gasteiger partial charge on any atom is -0.478 e. The zero-order valence-electron chi connectivity index (χ0n) is 10.5. The van der Waals surface area contributed by atoms with Crippen LogP contribution in [-0.4, -0.2) is 11.1 Å². The van der Waals surface area contributed by atoms with Gasteiger partial charge < -0.3 is 10.4 Å². The van der Waals surface area contributed by atoms with Crippen LogP contribution in [0.3, 0.4) is 0 Å². The largest absolute Gasteiger partial charge is 0.478 e. The summed E-state index contributed by atoms with van der Waals surface area (Å²) >= 11 is 0. The first-order valence-corrected chi connectivity index (χ1v) is 5.89. The molecule has 0 bridgehead atoms. The lowest BCUT2D eigenvalue weighted by molar-refractivity contribution is 0.0697. The van der Waals surface area contributed by atoms with Crippen molar-refractivity contribution in [2.45, 2.75) is 13.5 Å². The highest BCUT2D eigenvalue weighted by molar-refractivity contribution is 5.87. The van der Waals surface area contributed by atoms with Gasteiger partial charge in [-0.25, -0.2) is 9.18 Å². The molecule has 0 radical (unpaired) electrons. The van der Waals surface area contributed by atoms with Crippen molar-refractivity contribution in [1.82, 2.24) is 0 Å². The van der Waals surface area contributed by atoms with E-state index in [1.165, 1.54) is 6.07 Å². The predicted molar refractivity (Wildman–Crippen MR) is 71.9 cm³/mol. The average molecular weight is 259 g/mol. The highest BCUT2D eigenvalue weighted by Gasteiger charge is 2.04. The fourth-order valence-electron chi connectivity index (χ4n) is 1.76. The minimum atomic E-state index is -0.944. The van der Waals surface area contributed by atoms with Gasteiger partial charge in [-0.2, -0.15) is 0 Å². The summed E-state index contributed by atoms with van der Waals surface area (Å²) in [5.41, 5.74) is 2.51. The number of carboxylic acids is 1. The molecule has 3 nitrogen and oxygen atoms in total. The van der Waals surface area contributed by atoms with E-state index in [0.29, 0.717) is 12.1 Å². The fourth-order valence-corrected chi connectivity index (χ4v) is 1.76. The molecule has 2 rings (SSSR count). The van der Waals surface area contributed by atoms with Gasteiger partial charge in [-0.15, -0.1) is 0 Å². The lowest BCUT2D eigenvalue weighted by atomic mass is 10.1. The Balaban J connectivity index is 2.06. The summed E-state index contributed by atoms with van der Waals surface area (Å²) in [6, 6.07) is 11.5. The van der Waals surface area contributed by atoms with Crippen LogP contribution >= 0.6 is 0 Å². The van der Waals surface area contributed by atoms with E-state index in [2.05, 4.69) is 5.32 Å². The van der Waals surface area contributed by atoms with Crippen molar-refractivity contribution < 1.29 is 14.3 Å². The van der Waals surface area contributed by atoms with Crippen molar-refractivity contribution in [3.8, 4) is 0 Å². The third-order valence-corrected chi connectivity index (χ3v) is 2.95. The molecule has 98 valence electrons. The first-order valence-electron chi connectivity index (χ1n) is 5.89. The lowest BCUT2D eigenvalue weighted by Gasteiger charge is -2.10. The van der Waals surface area contributed by atoms with E-state index in [-0.39, 0.29) is 11.4 Å². The maximum atomic E-state index is 13.3. The molecule has 0 aliphatic rings. The molecular formula is C15H14FNO2. The molecule has 0 aromatic heterocycles. The second kappa shape index (κ2) is 5.52. The Morgan fingerprint density at radius 1 is 1.21 bits per heavy atom. The van der Waals surface area contributed by atoms with E-state index in [0.717, 1.165) is 11.3 Å². The van der Waals surface area contributed by atoms with E-state index in [1.54, 1.807) is 37.3 Å². The molecule has 0 spiro atoms. The molecule has 0 fully saturated rings. The Morgan fingerprint density at radius 2 is 1.89 bits per heavy atom. The number of hydrogen-bond acceptors (Lipinski definition) is 2. The summed E-state index contributed by atoms with van der Waals surface area (Å²) in [7, 11) is 0. The number of halogens is 1. The molecular weight excluding hydrogens is 245 g/mol. The van der Waals surface area contributed by atoms with Crippen molar-refractivity contribution in [2.24, 2.45) is 0 Å². The van der Waals surface area contributed by atoms with Gasteiger partial charge in [0.05, 0.1) is 5.56 Å². The molecule has 19 heavy (non-hydrogen) atoms. The first-order chi connectivity index (χ1) is 9.08. The van der Waals surface area contributed by atoms with Crippen molar-refractivity contribution in [2.75, 3.05) is 5.32 Å². The van der Waals surface area contributed by atoms with Gasteiger partial charge in [-0.1, -0.05) is 18.2 Å². The zero-order valence-corrected chi connectivity index (χ0v) is 10.5. The monoisotopic (exact) mass is 259 g/mol. The molecule has 0 heterocycles. The highest BCUT2D eigenvalue weighted by atomic mass is 19.1. The van der Waals surface area contributed by atoms with Gasteiger partial charge in [-0.05, 0) is 36.8 Å². The minimum absolute atomic E-state index is 0.244. The Kier molecular flexibility index (Phi) is 3.80. The molecule has 2 N–H and O–H groups in total. The number of carboxylic acid groups (broad SMARTS) is 1. The number of anilines is 1. The van der Waals surface area contributed by atoms with E-state index in [4.69, 9.17) is 5.11 Å². The third-order valence-electron chi connectivity index (χ3n) is 2.95. The summed E-state index contributed by atoms with van der Waals surface area (Å²) in [5, 5.41) is 11.9. The molecule has 2 aromatic rings. The van der Waals surface area contributed by atoms with Crippen LogP contribution in [0.4, 0.5) is 10.1 Å². The second-order valence-corrected chi connectivity index (χ2v) is 4.27. The standard InChI is InChI=1S/C15H14FNO2/c1-10-13(16)3-2-4-14(10)17-9-11-5-7-12(8-6-11)15(18)19/h2-8,17H,9H2,1H3,(H,18,19). The first kappa shape index (κ1) is 13.1. The Labute approximate surface area is 110 Å². The number of rotatable bonds is 4. The maximum Gasteiger partial charge on any atom is 0.335 e.